The van der Waals surface area contributed by atoms with Gasteiger partial charge in [0.05, 0.1) is 12.0 Å². The van der Waals surface area contributed by atoms with Gasteiger partial charge in [-0.2, -0.15) is 0 Å². The summed E-state index contributed by atoms with van der Waals surface area (Å²) in [4.78, 5) is 13.2. The second-order valence-electron chi connectivity index (χ2n) is 7.98. The molecule has 0 bridgehead atoms. The molecule has 0 unspecified atom stereocenters. The van der Waals surface area contributed by atoms with E-state index in [0.717, 1.165) is 27.7 Å². The summed E-state index contributed by atoms with van der Waals surface area (Å²) in [5, 5.41) is 6.33. The Kier molecular flexibility index (Phi) is 7.85. The number of methoxy groups -OCH3 is 1. The molecule has 4 rings (SSSR count). The second kappa shape index (κ2) is 11.0. The molecule has 1 amide bonds. The van der Waals surface area contributed by atoms with Crippen LogP contribution in [0.25, 0.3) is 6.08 Å². The molecule has 3 aromatic carbocycles. The van der Waals surface area contributed by atoms with Crippen LogP contribution < -0.4 is 20.1 Å². The number of aryl methyl sites for hydroxylation is 2. The maximum absolute atomic E-state index is 12.6. The number of hydrogen-bond acceptors (Lipinski definition) is 5. The van der Waals surface area contributed by atoms with Crippen LogP contribution in [0.2, 0.25) is 0 Å². The van der Waals surface area contributed by atoms with E-state index in [0.29, 0.717) is 23.0 Å². The first-order valence-electron chi connectivity index (χ1n) is 11.1. The van der Waals surface area contributed by atoms with Crippen LogP contribution in [-0.2, 0) is 17.8 Å². The normalized spacial score (nSPS) is 16.4. The third kappa shape index (κ3) is 5.96. The molecule has 0 aromatic heterocycles. The molecule has 1 aliphatic heterocycles. The van der Waals surface area contributed by atoms with E-state index in [2.05, 4.69) is 64.7 Å². The molecule has 1 aliphatic rings. The maximum atomic E-state index is 12.6. The predicted octanol–water partition coefficient (Wildman–Crippen LogP) is 6.51. The Morgan fingerprint density at radius 1 is 1.09 bits per heavy atom. The smallest absolute Gasteiger partial charge is 0.260 e. The topological polar surface area (TPSA) is 59.6 Å². The van der Waals surface area contributed by atoms with Gasteiger partial charge in [-0.15, -0.1) is 0 Å². The minimum Gasteiger partial charge on any atom is -0.493 e. The number of carbonyl (C=O) groups excluding carboxylic acids is 1. The van der Waals surface area contributed by atoms with Gasteiger partial charge in [0.25, 0.3) is 5.91 Å². The Morgan fingerprint density at radius 2 is 1.88 bits per heavy atom. The van der Waals surface area contributed by atoms with Crippen molar-refractivity contribution in [1.82, 2.24) is 5.32 Å². The van der Waals surface area contributed by atoms with E-state index in [9.17, 15) is 4.79 Å². The van der Waals surface area contributed by atoms with E-state index in [1.54, 1.807) is 7.11 Å². The van der Waals surface area contributed by atoms with Gasteiger partial charge in [0.1, 0.15) is 6.61 Å². The molecule has 5 nitrogen and oxygen atoms in total. The van der Waals surface area contributed by atoms with Crippen molar-refractivity contribution in [2.24, 2.45) is 0 Å². The molecule has 34 heavy (non-hydrogen) atoms. The number of rotatable bonds is 8. The van der Waals surface area contributed by atoms with Gasteiger partial charge in [0, 0.05) is 10.2 Å². The molecule has 0 saturated carbocycles. The predicted molar refractivity (Wildman–Crippen MR) is 143 cm³/mol. The average Bonchev–Trinajstić information content (AvgIpc) is 3.18. The van der Waals surface area contributed by atoms with Crippen molar-refractivity contribution < 1.29 is 14.3 Å². The first-order valence-corrected chi connectivity index (χ1v) is 12.7. The average molecular weight is 539 g/mol. The molecule has 0 spiro atoms. The molecule has 3 aromatic rings. The molecular weight excluding hydrogens is 512 g/mol. The number of amides is 1. The van der Waals surface area contributed by atoms with E-state index in [1.807, 2.05) is 42.5 Å². The summed E-state index contributed by atoms with van der Waals surface area (Å²) in [6.45, 7) is 4.63. The zero-order chi connectivity index (χ0) is 24.1. The molecule has 1 heterocycles. The Morgan fingerprint density at radius 3 is 2.59 bits per heavy atom. The van der Waals surface area contributed by atoms with Crippen molar-refractivity contribution in [2.45, 2.75) is 32.4 Å². The van der Waals surface area contributed by atoms with Crippen molar-refractivity contribution in [3.05, 3.63) is 92.3 Å². The SMILES string of the molecule is CCc1ccc(N[C@@H]2NC(=O)/C(=C/c3cc(OC)c(OCc4cccc(C)c4)cc3Br)S2)cc1. The molecule has 176 valence electrons. The van der Waals surface area contributed by atoms with Gasteiger partial charge in [0.15, 0.2) is 17.0 Å². The molecule has 2 N–H and O–H groups in total. The van der Waals surface area contributed by atoms with Gasteiger partial charge in [-0.05, 0) is 60.4 Å². The van der Waals surface area contributed by atoms with Crippen molar-refractivity contribution >= 4 is 45.4 Å². The van der Waals surface area contributed by atoms with E-state index >= 15 is 0 Å². The second-order valence-corrected chi connectivity index (χ2v) is 9.98. The number of thioether (sulfide) groups is 1. The zero-order valence-electron chi connectivity index (χ0n) is 19.4. The van der Waals surface area contributed by atoms with Crippen molar-refractivity contribution in [3.63, 3.8) is 0 Å². The van der Waals surface area contributed by atoms with Crippen molar-refractivity contribution in [3.8, 4) is 11.5 Å². The zero-order valence-corrected chi connectivity index (χ0v) is 21.8. The number of anilines is 1. The highest BCUT2D eigenvalue weighted by atomic mass is 79.9. The Balaban J connectivity index is 1.47. The molecule has 7 heteroatoms. The quantitative estimate of drug-likeness (QED) is 0.320. The van der Waals surface area contributed by atoms with Gasteiger partial charge in [0.2, 0.25) is 0 Å². The van der Waals surface area contributed by atoms with Gasteiger partial charge in [-0.3, -0.25) is 4.79 Å². The summed E-state index contributed by atoms with van der Waals surface area (Å²) in [5.74, 6) is 1.13. The summed E-state index contributed by atoms with van der Waals surface area (Å²) in [5.41, 5.74) is 5.13. The van der Waals surface area contributed by atoms with Crippen LogP contribution in [0.1, 0.15) is 29.2 Å². The number of halogens is 1. The summed E-state index contributed by atoms with van der Waals surface area (Å²) in [6, 6.07) is 20.2. The summed E-state index contributed by atoms with van der Waals surface area (Å²) in [6.07, 6.45) is 2.86. The maximum Gasteiger partial charge on any atom is 0.260 e. The van der Waals surface area contributed by atoms with Crippen molar-refractivity contribution in [1.29, 1.82) is 0 Å². The highest BCUT2D eigenvalue weighted by Gasteiger charge is 2.27. The lowest BCUT2D eigenvalue weighted by Gasteiger charge is -2.13. The Hall–Kier alpha value is -2.90. The minimum absolute atomic E-state index is 0.113. The highest BCUT2D eigenvalue weighted by Crippen LogP contribution is 2.37. The first-order chi connectivity index (χ1) is 16.4. The number of carbonyl (C=O) groups is 1. The summed E-state index contributed by atoms with van der Waals surface area (Å²) < 4.78 is 12.4. The summed E-state index contributed by atoms with van der Waals surface area (Å²) >= 11 is 5.07. The fraction of sp³-hybridized carbons (Fsp3) is 0.222. The van der Waals surface area contributed by atoms with Crippen LogP contribution in [0, 0.1) is 6.92 Å². The third-order valence-electron chi connectivity index (χ3n) is 5.44. The van der Waals surface area contributed by atoms with Crippen LogP contribution >= 0.6 is 27.7 Å². The molecule has 1 atom stereocenters. The van der Waals surface area contributed by atoms with Gasteiger partial charge in [-0.1, -0.05) is 76.6 Å². The lowest BCUT2D eigenvalue weighted by atomic mass is 10.1. The van der Waals surface area contributed by atoms with Gasteiger partial charge in [-0.25, -0.2) is 0 Å². The fourth-order valence-corrected chi connectivity index (χ4v) is 5.00. The number of hydrogen-bond donors (Lipinski definition) is 2. The number of nitrogens with one attached hydrogen (secondary N) is 2. The monoisotopic (exact) mass is 538 g/mol. The third-order valence-corrected chi connectivity index (χ3v) is 7.15. The first kappa shape index (κ1) is 24.2. The molecule has 0 radical (unpaired) electrons. The van der Waals surface area contributed by atoms with E-state index in [-0.39, 0.29) is 11.4 Å². The van der Waals surface area contributed by atoms with Crippen LogP contribution in [-0.4, -0.2) is 18.5 Å². The van der Waals surface area contributed by atoms with Gasteiger partial charge < -0.3 is 20.1 Å². The summed E-state index contributed by atoms with van der Waals surface area (Å²) in [7, 11) is 1.61. The van der Waals surface area contributed by atoms with Crippen LogP contribution in [0.4, 0.5) is 5.69 Å². The fourth-order valence-electron chi connectivity index (χ4n) is 3.59. The number of benzene rings is 3. The van der Waals surface area contributed by atoms with E-state index < -0.39 is 0 Å². The molecule has 1 fully saturated rings. The lowest BCUT2D eigenvalue weighted by Crippen LogP contribution is -2.30. The van der Waals surface area contributed by atoms with Crippen molar-refractivity contribution in [2.75, 3.05) is 12.4 Å². The van der Waals surface area contributed by atoms with Crippen LogP contribution in [0.3, 0.4) is 0 Å². The lowest BCUT2D eigenvalue weighted by molar-refractivity contribution is -0.116. The molecule has 1 saturated heterocycles. The number of ether oxygens (including phenoxy) is 2. The Labute approximate surface area is 213 Å². The van der Waals surface area contributed by atoms with E-state index in [1.165, 1.54) is 22.9 Å². The standard InChI is InChI=1S/C27H27BrN2O3S/c1-4-18-8-10-21(11-9-18)29-27-30-26(31)25(34-27)14-20-13-23(32-3)24(15-22(20)28)33-16-19-7-5-6-17(2)12-19/h5-15,27,29H,4,16H2,1-3H3,(H,30,31)/b25-14-/t27-/m1/s1. The highest BCUT2D eigenvalue weighted by molar-refractivity contribution is 9.10. The molecule has 0 aliphatic carbocycles. The minimum atomic E-state index is -0.233. The van der Waals surface area contributed by atoms with Crippen LogP contribution in [0.5, 0.6) is 11.5 Å². The Bertz CT molecular complexity index is 1210. The molecular formula is C27H27BrN2O3S. The van der Waals surface area contributed by atoms with Crippen LogP contribution in [0.15, 0.2) is 70.0 Å². The largest absolute Gasteiger partial charge is 0.493 e. The van der Waals surface area contributed by atoms with Gasteiger partial charge >= 0.3 is 0 Å². The van der Waals surface area contributed by atoms with E-state index in [4.69, 9.17) is 9.47 Å².